The van der Waals surface area contributed by atoms with E-state index in [9.17, 15) is 14.4 Å². The van der Waals surface area contributed by atoms with Crippen LogP contribution in [-0.4, -0.2) is 48.2 Å². The SMILES string of the molecule is CSc1ccccc1NC(=O)CN(C)C(=O)c1ccc2c(c1)NC(=O)CCS2. The van der Waals surface area contributed by atoms with E-state index in [1.165, 1.54) is 4.90 Å². The number of carbonyl (C=O) groups excluding carboxylic acids is 3. The van der Waals surface area contributed by atoms with Gasteiger partial charge in [0.1, 0.15) is 0 Å². The first kappa shape index (κ1) is 20.3. The lowest BCUT2D eigenvalue weighted by molar-refractivity contribution is -0.117. The maximum Gasteiger partial charge on any atom is 0.254 e. The summed E-state index contributed by atoms with van der Waals surface area (Å²) in [5.41, 5.74) is 1.80. The number of anilines is 2. The second-order valence-electron chi connectivity index (χ2n) is 6.27. The van der Waals surface area contributed by atoms with Gasteiger partial charge in [0.15, 0.2) is 0 Å². The summed E-state index contributed by atoms with van der Waals surface area (Å²) in [6.07, 6.45) is 2.39. The first-order valence-corrected chi connectivity index (χ1v) is 10.9. The van der Waals surface area contributed by atoms with Crippen LogP contribution in [-0.2, 0) is 9.59 Å². The predicted octanol–water partition coefficient (Wildman–Crippen LogP) is 3.55. The van der Waals surface area contributed by atoms with Gasteiger partial charge >= 0.3 is 0 Å². The molecule has 6 nitrogen and oxygen atoms in total. The lowest BCUT2D eigenvalue weighted by Crippen LogP contribution is -2.35. The van der Waals surface area contributed by atoms with Crippen LogP contribution in [0.25, 0.3) is 0 Å². The number of para-hydroxylation sites is 1. The molecule has 1 aliphatic heterocycles. The zero-order valence-corrected chi connectivity index (χ0v) is 17.3. The van der Waals surface area contributed by atoms with Crippen LogP contribution in [0.3, 0.4) is 0 Å². The van der Waals surface area contributed by atoms with Crippen LogP contribution in [0, 0.1) is 0 Å². The van der Waals surface area contributed by atoms with Gasteiger partial charge in [-0.25, -0.2) is 0 Å². The minimum Gasteiger partial charge on any atom is -0.332 e. The van der Waals surface area contributed by atoms with Crippen molar-refractivity contribution in [2.24, 2.45) is 0 Å². The van der Waals surface area contributed by atoms with Crippen molar-refractivity contribution in [3.05, 3.63) is 48.0 Å². The summed E-state index contributed by atoms with van der Waals surface area (Å²) in [5.74, 6) is 0.107. The lowest BCUT2D eigenvalue weighted by atomic mass is 10.1. The van der Waals surface area contributed by atoms with Gasteiger partial charge in [-0.05, 0) is 36.6 Å². The number of likely N-dealkylation sites (N-methyl/N-ethyl adjacent to an activating group) is 1. The van der Waals surface area contributed by atoms with Crippen molar-refractivity contribution in [3.8, 4) is 0 Å². The summed E-state index contributed by atoms with van der Waals surface area (Å²) in [6, 6.07) is 12.8. The number of thioether (sulfide) groups is 2. The maximum atomic E-state index is 12.7. The van der Waals surface area contributed by atoms with E-state index in [1.54, 1.807) is 42.7 Å². The molecule has 0 fully saturated rings. The van der Waals surface area contributed by atoms with Crippen LogP contribution in [0.1, 0.15) is 16.8 Å². The molecular formula is C20H21N3O3S2. The van der Waals surface area contributed by atoms with Crippen LogP contribution in [0.15, 0.2) is 52.3 Å². The Morgan fingerprint density at radius 2 is 2.04 bits per heavy atom. The summed E-state index contributed by atoms with van der Waals surface area (Å²) in [7, 11) is 1.58. The summed E-state index contributed by atoms with van der Waals surface area (Å²) in [4.78, 5) is 40.1. The highest BCUT2D eigenvalue weighted by molar-refractivity contribution is 7.99. The Hall–Kier alpha value is -2.45. The molecule has 3 amide bonds. The largest absolute Gasteiger partial charge is 0.332 e. The van der Waals surface area contributed by atoms with Gasteiger partial charge in [0, 0.05) is 34.6 Å². The molecular weight excluding hydrogens is 394 g/mol. The van der Waals surface area contributed by atoms with Crippen LogP contribution in [0.2, 0.25) is 0 Å². The van der Waals surface area contributed by atoms with Crippen LogP contribution < -0.4 is 10.6 Å². The van der Waals surface area contributed by atoms with Gasteiger partial charge in [0.05, 0.1) is 17.9 Å². The molecule has 2 aromatic carbocycles. The number of rotatable bonds is 5. The van der Waals surface area contributed by atoms with Gasteiger partial charge in [-0.2, -0.15) is 0 Å². The highest BCUT2D eigenvalue weighted by atomic mass is 32.2. The molecule has 3 rings (SSSR count). The Labute approximate surface area is 172 Å². The fourth-order valence-corrected chi connectivity index (χ4v) is 4.29. The van der Waals surface area contributed by atoms with Gasteiger partial charge < -0.3 is 15.5 Å². The molecule has 146 valence electrons. The highest BCUT2D eigenvalue weighted by Crippen LogP contribution is 2.31. The summed E-state index contributed by atoms with van der Waals surface area (Å²) in [5, 5.41) is 5.68. The number of hydrogen-bond acceptors (Lipinski definition) is 5. The second kappa shape index (κ2) is 9.16. The number of nitrogens with one attached hydrogen (secondary N) is 2. The van der Waals surface area contributed by atoms with Crippen molar-refractivity contribution in [1.29, 1.82) is 0 Å². The molecule has 0 radical (unpaired) electrons. The quantitative estimate of drug-likeness (QED) is 0.730. The molecule has 2 N–H and O–H groups in total. The standard InChI is InChI=1S/C20H21N3O3S2/c1-23(12-19(25)21-14-5-3-4-6-16(14)27-2)20(26)13-7-8-17-15(11-13)22-18(24)9-10-28-17/h3-8,11H,9-10,12H2,1-2H3,(H,21,25)(H,22,24). The molecule has 2 aromatic rings. The molecule has 0 unspecified atom stereocenters. The number of carbonyl (C=O) groups is 3. The molecule has 0 aromatic heterocycles. The fraction of sp³-hybridized carbons (Fsp3) is 0.250. The third-order valence-electron chi connectivity index (χ3n) is 4.20. The van der Waals surface area contributed by atoms with Crippen molar-refractivity contribution in [3.63, 3.8) is 0 Å². The van der Waals surface area contributed by atoms with Crippen molar-refractivity contribution in [2.75, 3.05) is 36.2 Å². The zero-order chi connectivity index (χ0) is 20.1. The Morgan fingerprint density at radius 3 is 2.82 bits per heavy atom. The Morgan fingerprint density at radius 1 is 1.25 bits per heavy atom. The number of fused-ring (bicyclic) bond motifs is 1. The van der Waals surface area contributed by atoms with Gasteiger partial charge in [-0.15, -0.1) is 23.5 Å². The van der Waals surface area contributed by atoms with Gasteiger partial charge in [0.2, 0.25) is 11.8 Å². The third kappa shape index (κ3) is 4.88. The molecule has 0 aliphatic carbocycles. The van der Waals surface area contributed by atoms with E-state index in [-0.39, 0.29) is 24.3 Å². The van der Waals surface area contributed by atoms with E-state index in [4.69, 9.17) is 0 Å². The van der Waals surface area contributed by atoms with E-state index >= 15 is 0 Å². The highest BCUT2D eigenvalue weighted by Gasteiger charge is 2.19. The molecule has 1 heterocycles. The monoisotopic (exact) mass is 415 g/mol. The van der Waals surface area contributed by atoms with Crippen LogP contribution in [0.4, 0.5) is 11.4 Å². The second-order valence-corrected chi connectivity index (χ2v) is 8.25. The van der Waals surface area contributed by atoms with Crippen molar-refractivity contribution < 1.29 is 14.4 Å². The van der Waals surface area contributed by atoms with E-state index in [0.717, 1.165) is 15.5 Å². The van der Waals surface area contributed by atoms with Gasteiger partial charge in [-0.3, -0.25) is 14.4 Å². The van der Waals surface area contributed by atoms with E-state index < -0.39 is 0 Å². The maximum absolute atomic E-state index is 12.7. The Kier molecular flexibility index (Phi) is 6.64. The van der Waals surface area contributed by atoms with Crippen molar-refractivity contribution >= 4 is 52.6 Å². The van der Waals surface area contributed by atoms with Gasteiger partial charge in [-0.1, -0.05) is 12.1 Å². The molecule has 0 saturated heterocycles. The van der Waals surface area contributed by atoms with E-state index in [0.29, 0.717) is 23.4 Å². The minimum absolute atomic E-state index is 0.0592. The number of amides is 3. The lowest BCUT2D eigenvalue weighted by Gasteiger charge is -2.18. The molecule has 8 heteroatoms. The Balaban J connectivity index is 1.67. The summed E-state index contributed by atoms with van der Waals surface area (Å²) < 4.78 is 0. The van der Waals surface area contributed by atoms with Gasteiger partial charge in [0.25, 0.3) is 5.91 Å². The predicted molar refractivity (Wildman–Crippen MR) is 114 cm³/mol. The average molecular weight is 416 g/mol. The number of hydrogen-bond donors (Lipinski definition) is 2. The molecule has 1 aliphatic rings. The summed E-state index contributed by atoms with van der Waals surface area (Å²) >= 11 is 3.13. The van der Waals surface area contributed by atoms with E-state index in [2.05, 4.69) is 10.6 Å². The summed E-state index contributed by atoms with van der Waals surface area (Å²) in [6.45, 7) is -0.0697. The zero-order valence-electron chi connectivity index (χ0n) is 15.7. The van der Waals surface area contributed by atoms with Crippen molar-refractivity contribution in [2.45, 2.75) is 16.2 Å². The molecule has 0 saturated carbocycles. The van der Waals surface area contributed by atoms with Crippen LogP contribution in [0.5, 0.6) is 0 Å². The average Bonchev–Trinajstić information content (AvgIpc) is 2.87. The number of benzene rings is 2. The molecule has 0 bridgehead atoms. The molecule has 28 heavy (non-hydrogen) atoms. The Bertz CT molecular complexity index is 917. The fourth-order valence-electron chi connectivity index (χ4n) is 2.80. The normalized spacial score (nSPS) is 13.1. The minimum atomic E-state index is -0.278. The third-order valence-corrected chi connectivity index (χ3v) is 6.07. The first-order chi connectivity index (χ1) is 13.5. The number of nitrogens with zero attached hydrogens (tertiary/aromatic N) is 1. The molecule has 0 spiro atoms. The van der Waals surface area contributed by atoms with E-state index in [1.807, 2.05) is 36.6 Å². The topological polar surface area (TPSA) is 78.5 Å². The smallest absolute Gasteiger partial charge is 0.254 e. The molecule has 0 atom stereocenters. The van der Waals surface area contributed by atoms with Crippen LogP contribution >= 0.6 is 23.5 Å². The first-order valence-electron chi connectivity index (χ1n) is 8.73. The van der Waals surface area contributed by atoms with Crippen molar-refractivity contribution in [1.82, 2.24) is 4.90 Å².